The Bertz CT molecular complexity index is 160. The lowest BCUT2D eigenvalue weighted by Crippen LogP contribution is -2.33. The summed E-state index contributed by atoms with van der Waals surface area (Å²) < 4.78 is 4.41. The molecule has 0 heterocycles. The summed E-state index contributed by atoms with van der Waals surface area (Å²) in [6.45, 7) is 1.96. The van der Waals surface area contributed by atoms with Crippen LogP contribution in [0.2, 0.25) is 0 Å². The van der Waals surface area contributed by atoms with Crippen molar-refractivity contribution in [3.8, 4) is 12.3 Å². The van der Waals surface area contributed by atoms with Crippen LogP contribution in [0.4, 0.5) is 4.79 Å². The van der Waals surface area contributed by atoms with Gasteiger partial charge in [0.2, 0.25) is 0 Å². The van der Waals surface area contributed by atoms with E-state index in [-0.39, 0.29) is 6.04 Å². The zero-order chi connectivity index (χ0) is 8.69. The fraction of sp³-hybridized carbons (Fsp3) is 0.625. The predicted octanol–water partition coefficient (Wildman–Crippen LogP) is 1.14. The van der Waals surface area contributed by atoms with Gasteiger partial charge >= 0.3 is 6.09 Å². The number of carbonyl (C=O) groups excluding carboxylic acids is 1. The van der Waals surface area contributed by atoms with Crippen molar-refractivity contribution in [2.24, 2.45) is 0 Å². The van der Waals surface area contributed by atoms with Gasteiger partial charge in [-0.15, -0.1) is 12.3 Å². The maximum Gasteiger partial charge on any atom is 0.407 e. The summed E-state index contributed by atoms with van der Waals surface area (Å²) in [6, 6.07) is 0.0347. The molecular weight excluding hydrogens is 142 g/mol. The summed E-state index contributed by atoms with van der Waals surface area (Å²) in [5.41, 5.74) is 0. The second kappa shape index (κ2) is 5.60. The smallest absolute Gasteiger partial charge is 0.407 e. The van der Waals surface area contributed by atoms with Crippen LogP contribution < -0.4 is 5.32 Å². The molecule has 0 bridgehead atoms. The molecule has 3 heteroatoms. The first-order valence-corrected chi connectivity index (χ1v) is 3.52. The first-order valence-electron chi connectivity index (χ1n) is 3.52. The summed E-state index contributed by atoms with van der Waals surface area (Å²) in [4.78, 5) is 10.7. The van der Waals surface area contributed by atoms with E-state index < -0.39 is 6.09 Å². The molecule has 0 saturated carbocycles. The highest BCUT2D eigenvalue weighted by Gasteiger charge is 2.07. The summed E-state index contributed by atoms with van der Waals surface area (Å²) in [5, 5.41) is 2.61. The third-order valence-electron chi connectivity index (χ3n) is 1.36. The topological polar surface area (TPSA) is 38.3 Å². The van der Waals surface area contributed by atoms with Crippen molar-refractivity contribution in [3.63, 3.8) is 0 Å². The van der Waals surface area contributed by atoms with Gasteiger partial charge in [-0.2, -0.15) is 0 Å². The zero-order valence-corrected chi connectivity index (χ0v) is 6.89. The molecule has 0 aliphatic carbocycles. The Hall–Kier alpha value is -1.17. The normalized spacial score (nSPS) is 11.4. The Kier molecular flexibility index (Phi) is 5.01. The highest BCUT2D eigenvalue weighted by molar-refractivity contribution is 5.67. The maximum atomic E-state index is 10.7. The van der Waals surface area contributed by atoms with E-state index in [1.165, 1.54) is 7.11 Å². The molecule has 11 heavy (non-hydrogen) atoms. The highest BCUT2D eigenvalue weighted by Crippen LogP contribution is 1.95. The maximum absolute atomic E-state index is 10.7. The highest BCUT2D eigenvalue weighted by atomic mass is 16.5. The zero-order valence-electron chi connectivity index (χ0n) is 6.89. The fourth-order valence-electron chi connectivity index (χ4n) is 0.665. The Balaban J connectivity index is 3.70. The van der Waals surface area contributed by atoms with Gasteiger partial charge in [-0.1, -0.05) is 6.92 Å². The standard InChI is InChI=1S/C8H13NO2/c1-4-6-7(5-2)9-8(10)11-3/h1,7H,5-6H2,2-3H3,(H,9,10). The quantitative estimate of drug-likeness (QED) is 0.621. The monoisotopic (exact) mass is 155 g/mol. The van der Waals surface area contributed by atoms with Gasteiger partial charge in [0.1, 0.15) is 0 Å². The van der Waals surface area contributed by atoms with E-state index in [9.17, 15) is 4.79 Å². The lowest BCUT2D eigenvalue weighted by atomic mass is 10.2. The molecule has 0 aromatic rings. The molecular formula is C8H13NO2. The largest absolute Gasteiger partial charge is 0.453 e. The number of hydrogen-bond acceptors (Lipinski definition) is 2. The van der Waals surface area contributed by atoms with Gasteiger partial charge < -0.3 is 10.1 Å². The van der Waals surface area contributed by atoms with Gasteiger partial charge in [0.15, 0.2) is 0 Å². The number of amides is 1. The first kappa shape index (κ1) is 9.83. The number of rotatable bonds is 3. The van der Waals surface area contributed by atoms with Crippen molar-refractivity contribution in [2.45, 2.75) is 25.8 Å². The van der Waals surface area contributed by atoms with E-state index in [2.05, 4.69) is 16.0 Å². The van der Waals surface area contributed by atoms with E-state index in [1.54, 1.807) is 0 Å². The molecule has 0 aliphatic heterocycles. The number of terminal acetylenes is 1. The molecule has 1 amide bonds. The average molecular weight is 155 g/mol. The lowest BCUT2D eigenvalue weighted by molar-refractivity contribution is 0.166. The lowest BCUT2D eigenvalue weighted by Gasteiger charge is -2.12. The van der Waals surface area contributed by atoms with Crippen LogP contribution in [-0.2, 0) is 4.74 Å². The summed E-state index contributed by atoms with van der Waals surface area (Å²) in [6.07, 6.45) is 6.02. The fourth-order valence-corrected chi connectivity index (χ4v) is 0.665. The van der Waals surface area contributed by atoms with Crippen molar-refractivity contribution < 1.29 is 9.53 Å². The minimum absolute atomic E-state index is 0.0347. The molecule has 1 unspecified atom stereocenters. The number of carbonyl (C=O) groups is 1. The van der Waals surface area contributed by atoms with Crippen LogP contribution in [-0.4, -0.2) is 19.2 Å². The van der Waals surface area contributed by atoms with Gasteiger partial charge in [0.05, 0.1) is 7.11 Å². The van der Waals surface area contributed by atoms with E-state index in [1.807, 2.05) is 6.92 Å². The molecule has 0 spiro atoms. The molecule has 3 nitrogen and oxygen atoms in total. The molecule has 1 N–H and O–H groups in total. The van der Waals surface area contributed by atoms with E-state index >= 15 is 0 Å². The molecule has 0 rings (SSSR count). The van der Waals surface area contributed by atoms with Crippen LogP contribution in [0.15, 0.2) is 0 Å². The van der Waals surface area contributed by atoms with E-state index in [0.717, 1.165) is 6.42 Å². The van der Waals surface area contributed by atoms with Gasteiger partial charge in [-0.05, 0) is 6.42 Å². The molecule has 0 aromatic heterocycles. The molecule has 0 radical (unpaired) electrons. The van der Waals surface area contributed by atoms with Crippen LogP contribution in [0, 0.1) is 12.3 Å². The number of methoxy groups -OCH3 is 1. The number of nitrogens with one attached hydrogen (secondary N) is 1. The third kappa shape index (κ3) is 4.26. The number of hydrogen-bond donors (Lipinski definition) is 1. The van der Waals surface area contributed by atoms with Crippen LogP contribution >= 0.6 is 0 Å². The van der Waals surface area contributed by atoms with Crippen molar-refractivity contribution in [2.75, 3.05) is 7.11 Å². The van der Waals surface area contributed by atoms with Crippen molar-refractivity contribution >= 4 is 6.09 Å². The van der Waals surface area contributed by atoms with Crippen molar-refractivity contribution in [1.29, 1.82) is 0 Å². The van der Waals surface area contributed by atoms with Gasteiger partial charge in [-0.25, -0.2) is 4.79 Å². The van der Waals surface area contributed by atoms with Gasteiger partial charge in [0.25, 0.3) is 0 Å². The third-order valence-corrected chi connectivity index (χ3v) is 1.36. The van der Waals surface area contributed by atoms with Crippen LogP contribution in [0.25, 0.3) is 0 Å². The van der Waals surface area contributed by atoms with Crippen molar-refractivity contribution in [1.82, 2.24) is 5.32 Å². The van der Waals surface area contributed by atoms with Crippen LogP contribution in [0.3, 0.4) is 0 Å². The summed E-state index contributed by atoms with van der Waals surface area (Å²) in [5.74, 6) is 2.48. The molecule has 0 fully saturated rings. The Morgan fingerprint density at radius 3 is 2.82 bits per heavy atom. The minimum Gasteiger partial charge on any atom is -0.453 e. The Morgan fingerprint density at radius 1 is 1.82 bits per heavy atom. The molecule has 1 atom stereocenters. The van der Waals surface area contributed by atoms with E-state index in [0.29, 0.717) is 6.42 Å². The second-order valence-electron chi connectivity index (χ2n) is 2.15. The number of ether oxygens (including phenoxy) is 1. The predicted molar refractivity (Wildman–Crippen MR) is 43.1 cm³/mol. The second-order valence-corrected chi connectivity index (χ2v) is 2.15. The first-order chi connectivity index (χ1) is 5.24. The van der Waals surface area contributed by atoms with Crippen LogP contribution in [0.1, 0.15) is 19.8 Å². The Morgan fingerprint density at radius 2 is 2.45 bits per heavy atom. The molecule has 62 valence electrons. The summed E-state index contributed by atoms with van der Waals surface area (Å²) in [7, 11) is 1.33. The SMILES string of the molecule is C#CCC(CC)NC(=O)OC. The molecule has 0 saturated heterocycles. The van der Waals surface area contributed by atoms with Crippen LogP contribution in [0.5, 0.6) is 0 Å². The molecule has 0 aromatic carbocycles. The minimum atomic E-state index is -0.424. The van der Waals surface area contributed by atoms with Crippen molar-refractivity contribution in [3.05, 3.63) is 0 Å². The Labute approximate surface area is 67.1 Å². The average Bonchev–Trinajstić information content (AvgIpc) is 2.03. The molecule has 0 aliphatic rings. The van der Waals surface area contributed by atoms with Gasteiger partial charge in [0, 0.05) is 12.5 Å². The summed E-state index contributed by atoms with van der Waals surface area (Å²) >= 11 is 0. The number of alkyl carbamates (subject to hydrolysis) is 1. The van der Waals surface area contributed by atoms with E-state index in [4.69, 9.17) is 6.42 Å². The van der Waals surface area contributed by atoms with Gasteiger partial charge in [-0.3, -0.25) is 0 Å².